The average Bonchev–Trinajstić information content (AvgIpc) is 3.83. The number of imidazole rings is 1. The Kier molecular flexibility index (Phi) is 8.38. The summed E-state index contributed by atoms with van der Waals surface area (Å²) < 4.78 is 2.21. The normalized spacial score (nSPS) is 12.6. The van der Waals surface area contributed by atoms with Crippen LogP contribution in [0.25, 0.3) is 84.3 Å². The Labute approximate surface area is 356 Å². The van der Waals surface area contributed by atoms with E-state index in [0.717, 1.165) is 34.6 Å². The van der Waals surface area contributed by atoms with E-state index in [1.807, 2.05) is 0 Å². The van der Waals surface area contributed by atoms with E-state index in [9.17, 15) is 0 Å². The summed E-state index contributed by atoms with van der Waals surface area (Å²) >= 11 is 0. The van der Waals surface area contributed by atoms with Crippen molar-refractivity contribution in [3.8, 4) is 67.0 Å². The highest BCUT2D eigenvalue weighted by Gasteiger charge is 2.35. The van der Waals surface area contributed by atoms with Crippen LogP contribution in [0.3, 0.4) is 0 Å². The lowest BCUT2D eigenvalue weighted by molar-refractivity contribution is 1.19. The number of fused-ring (bicyclic) bond motifs is 7. The first kappa shape index (κ1) is 35.2. The monoisotopic (exact) mass is 774 g/mol. The Morgan fingerprint density at radius 2 is 1.08 bits per heavy atom. The summed E-state index contributed by atoms with van der Waals surface area (Å²) in [4.78, 5) is 5.23. The van der Waals surface area contributed by atoms with Gasteiger partial charge in [0, 0.05) is 17.3 Å². The van der Waals surface area contributed by atoms with E-state index in [4.69, 9.17) is 4.98 Å². The van der Waals surface area contributed by atoms with Crippen molar-refractivity contribution in [3.63, 3.8) is 0 Å². The Hall–Kier alpha value is -7.75. The van der Waals surface area contributed by atoms with Crippen LogP contribution in [-0.2, 0) is 6.42 Å². The molecule has 61 heavy (non-hydrogen) atoms. The number of hydrogen-bond acceptors (Lipinski definition) is 1. The van der Waals surface area contributed by atoms with Gasteiger partial charge in [0.2, 0.25) is 6.71 Å². The van der Waals surface area contributed by atoms with Gasteiger partial charge in [-0.25, -0.2) is 4.98 Å². The fourth-order valence-corrected chi connectivity index (χ4v) is 9.94. The van der Waals surface area contributed by atoms with E-state index in [1.165, 1.54) is 83.2 Å². The molecule has 1 aliphatic heterocycles. The Bertz CT molecular complexity index is 3330. The van der Waals surface area contributed by atoms with Crippen molar-refractivity contribution in [1.29, 1.82) is 0 Å². The van der Waals surface area contributed by atoms with Gasteiger partial charge in [0.05, 0.1) is 11.4 Å². The number of aromatic nitrogens is 2. The molecule has 0 radical (unpaired) electrons. The minimum Gasteiger partial charge on any atom is -0.299 e. The van der Waals surface area contributed by atoms with E-state index < -0.39 is 0 Å². The van der Waals surface area contributed by atoms with Gasteiger partial charge >= 0.3 is 0 Å². The predicted molar refractivity (Wildman–Crippen MR) is 257 cm³/mol. The lowest BCUT2D eigenvalue weighted by atomic mass is 9.39. The summed E-state index contributed by atoms with van der Waals surface area (Å²) in [5.74, 6) is 0. The highest BCUT2D eigenvalue weighted by molar-refractivity contribution is 6.99. The third kappa shape index (κ3) is 6.00. The summed E-state index contributed by atoms with van der Waals surface area (Å²) in [6.45, 7) is 0.131. The van der Waals surface area contributed by atoms with Crippen LogP contribution in [0, 0.1) is 0 Å². The molecule has 12 rings (SSSR count). The summed E-state index contributed by atoms with van der Waals surface area (Å²) in [5.41, 5.74) is 24.5. The molecule has 0 atom stereocenters. The number of allylic oxidation sites excluding steroid dienone is 1. The van der Waals surface area contributed by atoms with E-state index in [2.05, 4.69) is 229 Å². The topological polar surface area (TPSA) is 17.3 Å². The van der Waals surface area contributed by atoms with Gasteiger partial charge in [-0.1, -0.05) is 204 Å². The number of rotatable bonds is 6. The second-order valence-corrected chi connectivity index (χ2v) is 16.3. The van der Waals surface area contributed by atoms with Crippen LogP contribution in [-0.4, -0.2) is 16.1 Å². The molecule has 0 amide bonds. The third-order valence-corrected chi connectivity index (χ3v) is 12.7. The minimum atomic E-state index is 0.131. The zero-order valence-corrected chi connectivity index (χ0v) is 33.5. The molecule has 3 heteroatoms. The second-order valence-electron chi connectivity index (χ2n) is 16.3. The Balaban J connectivity index is 1.02. The maximum absolute atomic E-state index is 5.23. The lowest BCUT2D eigenvalue weighted by Gasteiger charge is -2.14. The van der Waals surface area contributed by atoms with Crippen LogP contribution in [0.1, 0.15) is 16.7 Å². The summed E-state index contributed by atoms with van der Waals surface area (Å²) in [6, 6.07) is 77.7. The molecule has 1 aliphatic carbocycles. The first-order valence-electron chi connectivity index (χ1n) is 21.2. The number of hydrogen-bond donors (Lipinski definition) is 0. The van der Waals surface area contributed by atoms with Gasteiger partial charge in [0.1, 0.15) is 5.65 Å². The number of pyridine rings is 1. The number of nitrogens with zero attached hydrogens (tertiary/aromatic N) is 2. The Morgan fingerprint density at radius 3 is 1.92 bits per heavy atom. The van der Waals surface area contributed by atoms with Crippen molar-refractivity contribution in [3.05, 3.63) is 235 Å². The lowest BCUT2D eigenvalue weighted by Crippen LogP contribution is -2.48. The molecule has 8 aromatic carbocycles. The molecule has 0 fully saturated rings. The average molecular weight is 775 g/mol. The molecule has 2 nitrogen and oxygen atoms in total. The zero-order chi connectivity index (χ0) is 40.3. The van der Waals surface area contributed by atoms with Crippen molar-refractivity contribution < 1.29 is 0 Å². The minimum absolute atomic E-state index is 0.131. The van der Waals surface area contributed by atoms with Crippen molar-refractivity contribution in [2.45, 2.75) is 6.42 Å². The van der Waals surface area contributed by atoms with Gasteiger partial charge in [0.15, 0.2) is 0 Å². The van der Waals surface area contributed by atoms with Gasteiger partial charge in [0.25, 0.3) is 0 Å². The molecule has 3 heterocycles. The smallest absolute Gasteiger partial charge is 0.242 e. The van der Waals surface area contributed by atoms with Crippen molar-refractivity contribution >= 4 is 40.4 Å². The predicted octanol–water partition coefficient (Wildman–Crippen LogP) is 12.3. The molecule has 2 aromatic heterocycles. The molecule has 0 spiro atoms. The molecule has 0 unspecified atom stereocenters. The fraction of sp³-hybridized carbons (Fsp3) is 0.0172. The summed E-state index contributed by atoms with van der Waals surface area (Å²) in [6.07, 6.45) is 5.41. The zero-order valence-electron chi connectivity index (χ0n) is 33.5. The number of benzene rings is 8. The molecule has 0 bridgehead atoms. The summed E-state index contributed by atoms with van der Waals surface area (Å²) in [5, 5.41) is 0. The van der Waals surface area contributed by atoms with Crippen LogP contribution < -0.4 is 16.4 Å². The summed E-state index contributed by atoms with van der Waals surface area (Å²) in [7, 11) is 0. The van der Waals surface area contributed by atoms with Gasteiger partial charge < -0.3 is 0 Å². The van der Waals surface area contributed by atoms with Gasteiger partial charge in [-0.2, -0.15) is 0 Å². The van der Waals surface area contributed by atoms with Crippen LogP contribution in [0.5, 0.6) is 0 Å². The maximum atomic E-state index is 5.23. The molecule has 0 N–H and O–H groups in total. The van der Waals surface area contributed by atoms with Crippen LogP contribution in [0.2, 0.25) is 0 Å². The van der Waals surface area contributed by atoms with Crippen molar-refractivity contribution in [2.75, 3.05) is 0 Å². The fourth-order valence-electron chi connectivity index (χ4n) is 9.94. The van der Waals surface area contributed by atoms with Gasteiger partial charge in [-0.15, -0.1) is 0 Å². The van der Waals surface area contributed by atoms with Crippen LogP contribution in [0.4, 0.5) is 0 Å². The molecular weight excluding hydrogens is 735 g/mol. The second kappa shape index (κ2) is 14.5. The Morgan fingerprint density at radius 1 is 0.426 bits per heavy atom. The third-order valence-electron chi connectivity index (χ3n) is 12.7. The molecule has 0 saturated carbocycles. The van der Waals surface area contributed by atoms with Crippen molar-refractivity contribution in [2.24, 2.45) is 0 Å². The van der Waals surface area contributed by atoms with Gasteiger partial charge in [-0.05, 0) is 104 Å². The first-order chi connectivity index (χ1) is 30.2. The standard InChI is InChI=1S/C58H39BN2/c1-4-16-39(17-5-1)47-35-43-20-10-11-25-49(43)51-37-41(29-30-45(51)36-47)42-31-32-53-52(38-42)56-50(26-15-27-54(56)59(53)48-23-8-3-9-24-48)44-21-14-22-46(34-44)57-58(40-18-6-2-7-19-40)61-33-13-12-28-55(61)60-57/h1-34,36-38H,35H2. The highest BCUT2D eigenvalue weighted by Crippen LogP contribution is 2.42. The van der Waals surface area contributed by atoms with E-state index >= 15 is 0 Å². The van der Waals surface area contributed by atoms with Crippen LogP contribution in [0.15, 0.2) is 219 Å². The first-order valence-corrected chi connectivity index (χ1v) is 21.2. The molecular formula is C58H39BN2. The van der Waals surface area contributed by atoms with Crippen LogP contribution >= 0.6 is 0 Å². The SMILES string of the molecule is C1=C(c2ccccc2)Cc2ccccc2-c2cc(-c3ccc4c(c3)-c3c(cccc3-c3cccc(-c5nc6ccccn6c5-c5ccccc5)c3)B4c3ccccc3)ccc21. The molecule has 2 aliphatic rings. The van der Waals surface area contributed by atoms with E-state index in [-0.39, 0.29) is 6.71 Å². The van der Waals surface area contributed by atoms with Crippen molar-refractivity contribution in [1.82, 2.24) is 9.38 Å². The molecule has 0 saturated heterocycles. The molecule has 10 aromatic rings. The van der Waals surface area contributed by atoms with E-state index in [1.54, 1.807) is 0 Å². The van der Waals surface area contributed by atoms with Gasteiger partial charge in [-0.3, -0.25) is 4.40 Å². The maximum Gasteiger partial charge on any atom is 0.242 e. The largest absolute Gasteiger partial charge is 0.299 e. The van der Waals surface area contributed by atoms with E-state index in [0.29, 0.717) is 0 Å². The molecule has 284 valence electrons. The highest BCUT2D eigenvalue weighted by atomic mass is 15.0. The quantitative estimate of drug-likeness (QED) is 0.154.